The maximum atomic E-state index is 2.00. The molecule has 0 aromatic carbocycles. The molecular weight excluding hydrogens is 168 g/mol. The van der Waals surface area contributed by atoms with Crippen LogP contribution >= 0.6 is 0 Å². The Balaban J connectivity index is 0.000000250. The monoisotopic (exact) mass is 172 g/mol. The molecule has 0 unspecified atom stereocenters. The van der Waals surface area contributed by atoms with Crippen molar-refractivity contribution in [2.75, 3.05) is 0 Å². The van der Waals surface area contributed by atoms with E-state index in [2.05, 4.69) is 0 Å². The van der Waals surface area contributed by atoms with Crippen LogP contribution in [0.4, 0.5) is 0 Å². The molecule has 0 spiro atoms. The van der Waals surface area contributed by atoms with Crippen LogP contribution in [0.25, 0.3) is 0 Å². The van der Waals surface area contributed by atoms with Gasteiger partial charge in [-0.05, 0) is 0 Å². The molecule has 0 nitrogen and oxygen atoms in total. The van der Waals surface area contributed by atoms with E-state index in [0.29, 0.717) is 0 Å². The topological polar surface area (TPSA) is 0 Å². The minimum atomic E-state index is 0. The molecule has 1 rings (SSSR count). The Morgan fingerprint density at radius 2 is 1.17 bits per heavy atom. The van der Waals surface area contributed by atoms with Crippen LogP contribution in [0.2, 0.25) is 0 Å². The first-order chi connectivity index (χ1) is 2.50. The summed E-state index contributed by atoms with van der Waals surface area (Å²) < 4.78 is 0. The van der Waals surface area contributed by atoms with Crippen molar-refractivity contribution >= 4 is 0 Å². The largest absolute Gasteiger partial charge is 0.0767 e. The van der Waals surface area contributed by atoms with E-state index in [-0.39, 0.29) is 22.4 Å². The summed E-state index contributed by atoms with van der Waals surface area (Å²) in [5.41, 5.74) is 0. The van der Waals surface area contributed by atoms with E-state index >= 15 is 0 Å². The predicted octanol–water partition coefficient (Wildman–Crippen LogP) is 1.31. The molecule has 0 saturated carbocycles. The van der Waals surface area contributed by atoms with Gasteiger partial charge in [0.15, 0.2) is 0 Å². The summed E-state index contributed by atoms with van der Waals surface area (Å²) in [6.45, 7) is 0. The smallest absolute Gasteiger partial charge is 0.00506 e. The van der Waals surface area contributed by atoms with Gasteiger partial charge in [-0.2, -0.15) is 0 Å². The summed E-state index contributed by atoms with van der Waals surface area (Å²) in [5, 5.41) is 0. The van der Waals surface area contributed by atoms with Crippen molar-refractivity contribution in [2.45, 2.75) is 0 Å². The third kappa shape index (κ3) is 1.61. The Labute approximate surface area is 53.4 Å². The summed E-state index contributed by atoms with van der Waals surface area (Å²) in [6.07, 6.45) is 10.0. The Morgan fingerprint density at radius 1 is 0.667 bits per heavy atom. The van der Waals surface area contributed by atoms with Gasteiger partial charge in [0.2, 0.25) is 0 Å². The Morgan fingerprint density at radius 3 is 1.33 bits per heavy atom. The second-order valence-corrected chi connectivity index (χ2v) is 0.962. The zero-order valence-electron chi connectivity index (χ0n) is 3.19. The predicted molar refractivity (Wildman–Crippen MR) is 22.6 cm³/mol. The molecule has 0 aromatic heterocycles. The molecule has 0 fully saturated rings. The van der Waals surface area contributed by atoms with E-state index < -0.39 is 0 Å². The fourth-order valence-electron chi connectivity index (χ4n) is 0.321. The van der Waals surface area contributed by atoms with Crippen LogP contribution in [-0.2, 0) is 22.4 Å². The normalized spacial score (nSPS) is 14.7. The molecule has 1 heteroatoms. The summed E-state index contributed by atoms with van der Waals surface area (Å²) in [7, 11) is 0. The SMILES string of the molecule is [Ag].[CH]1C=CC=C1. The quantitative estimate of drug-likeness (QED) is 0.484. The van der Waals surface area contributed by atoms with Crippen molar-refractivity contribution in [1.29, 1.82) is 0 Å². The first-order valence-electron chi connectivity index (χ1n) is 1.67. The molecular formula is C5H5Ag. The molecule has 0 aromatic rings. The van der Waals surface area contributed by atoms with Crippen LogP contribution in [-0.4, -0.2) is 0 Å². The van der Waals surface area contributed by atoms with Crippen LogP contribution < -0.4 is 0 Å². The van der Waals surface area contributed by atoms with E-state index in [9.17, 15) is 0 Å². The average molecular weight is 173 g/mol. The molecule has 0 heterocycles. The third-order valence-corrected chi connectivity index (χ3v) is 0.556. The molecule has 1 aliphatic carbocycles. The van der Waals surface area contributed by atoms with Gasteiger partial charge in [0.25, 0.3) is 0 Å². The van der Waals surface area contributed by atoms with Crippen LogP contribution in [0.1, 0.15) is 0 Å². The minimum Gasteiger partial charge on any atom is -0.0767 e. The summed E-state index contributed by atoms with van der Waals surface area (Å²) >= 11 is 0. The summed E-state index contributed by atoms with van der Waals surface area (Å²) in [4.78, 5) is 0. The molecule has 0 aliphatic heterocycles. The van der Waals surface area contributed by atoms with Gasteiger partial charge in [0, 0.05) is 28.8 Å². The van der Waals surface area contributed by atoms with Gasteiger partial charge >= 0.3 is 0 Å². The van der Waals surface area contributed by atoms with Gasteiger partial charge in [-0.25, -0.2) is 0 Å². The van der Waals surface area contributed by atoms with E-state index in [0.717, 1.165) is 0 Å². The molecule has 36 valence electrons. The molecule has 1 aliphatic rings. The summed E-state index contributed by atoms with van der Waals surface area (Å²) in [5.74, 6) is 0. The fourth-order valence-corrected chi connectivity index (χ4v) is 0.321. The van der Waals surface area contributed by atoms with Crippen LogP contribution in [0, 0.1) is 6.42 Å². The van der Waals surface area contributed by atoms with E-state index in [1.165, 1.54) is 0 Å². The average Bonchev–Trinajstić information content (AvgIpc) is 1.76. The third-order valence-electron chi connectivity index (χ3n) is 0.556. The van der Waals surface area contributed by atoms with E-state index in [1.54, 1.807) is 0 Å². The molecule has 0 atom stereocenters. The maximum absolute atomic E-state index is 2.00. The Hall–Kier alpha value is 0.220. The zero-order chi connectivity index (χ0) is 3.54. The molecule has 2 radical (unpaired) electrons. The van der Waals surface area contributed by atoms with Crippen molar-refractivity contribution < 1.29 is 22.4 Å². The Kier molecular flexibility index (Phi) is 3.54. The first kappa shape index (κ1) is 6.22. The van der Waals surface area contributed by atoms with Crippen molar-refractivity contribution in [2.24, 2.45) is 0 Å². The van der Waals surface area contributed by atoms with Gasteiger partial charge in [0.05, 0.1) is 0 Å². The number of hydrogen-bond acceptors (Lipinski definition) is 0. The number of rotatable bonds is 0. The first-order valence-corrected chi connectivity index (χ1v) is 1.67. The molecule has 6 heavy (non-hydrogen) atoms. The molecule has 0 amide bonds. The molecule has 0 N–H and O–H groups in total. The van der Waals surface area contributed by atoms with Gasteiger partial charge in [-0.1, -0.05) is 24.3 Å². The van der Waals surface area contributed by atoms with Crippen LogP contribution in [0.3, 0.4) is 0 Å². The van der Waals surface area contributed by atoms with Crippen molar-refractivity contribution in [3.05, 3.63) is 30.7 Å². The molecule has 0 bridgehead atoms. The number of allylic oxidation sites excluding steroid dienone is 4. The van der Waals surface area contributed by atoms with Gasteiger partial charge < -0.3 is 0 Å². The zero-order valence-corrected chi connectivity index (χ0v) is 4.67. The minimum absolute atomic E-state index is 0. The van der Waals surface area contributed by atoms with Crippen LogP contribution in [0.5, 0.6) is 0 Å². The van der Waals surface area contributed by atoms with Crippen molar-refractivity contribution in [3.8, 4) is 0 Å². The molecule has 0 saturated heterocycles. The maximum Gasteiger partial charge on any atom is 0.00506 e. The van der Waals surface area contributed by atoms with E-state index in [4.69, 9.17) is 0 Å². The van der Waals surface area contributed by atoms with Crippen molar-refractivity contribution in [3.63, 3.8) is 0 Å². The van der Waals surface area contributed by atoms with E-state index in [1.807, 2.05) is 30.7 Å². The van der Waals surface area contributed by atoms with Gasteiger partial charge in [-0.15, -0.1) is 0 Å². The van der Waals surface area contributed by atoms with Crippen LogP contribution in [0.15, 0.2) is 24.3 Å². The van der Waals surface area contributed by atoms with Gasteiger partial charge in [-0.3, -0.25) is 0 Å². The standard InChI is InChI=1S/C5H5.Ag/c1-2-4-5-3-1;/h1-5H;. The van der Waals surface area contributed by atoms with Crippen molar-refractivity contribution in [1.82, 2.24) is 0 Å². The Bertz CT molecular complexity index is 62.0. The fraction of sp³-hybridized carbons (Fsp3) is 0. The number of hydrogen-bond donors (Lipinski definition) is 0. The summed E-state index contributed by atoms with van der Waals surface area (Å²) in [6, 6.07) is 0. The van der Waals surface area contributed by atoms with Gasteiger partial charge in [0.1, 0.15) is 0 Å². The second kappa shape index (κ2) is 3.41. The second-order valence-electron chi connectivity index (χ2n) is 0.962.